The summed E-state index contributed by atoms with van der Waals surface area (Å²) in [5.74, 6) is -0.504. The highest BCUT2D eigenvalue weighted by atomic mass is 79.9. The van der Waals surface area contributed by atoms with Crippen LogP contribution >= 0.6 is 39.1 Å². The van der Waals surface area contributed by atoms with Gasteiger partial charge >= 0.3 is 12.1 Å². The fourth-order valence-corrected chi connectivity index (χ4v) is 3.50. The Morgan fingerprint density at radius 2 is 1.78 bits per heavy atom. The molecule has 27 heavy (non-hydrogen) atoms. The molecule has 0 aliphatic heterocycles. The number of halogens is 6. The lowest BCUT2D eigenvalue weighted by Crippen LogP contribution is -2.11. The molecule has 0 fully saturated rings. The molecule has 2 rings (SSSR count). The molecule has 0 unspecified atom stereocenters. The Morgan fingerprint density at radius 1 is 1.15 bits per heavy atom. The first kappa shape index (κ1) is 21.8. The molecule has 8 heteroatoms. The maximum Gasteiger partial charge on any atom is 0.416 e. The van der Waals surface area contributed by atoms with Crippen LogP contribution in [0.15, 0.2) is 46.9 Å². The lowest BCUT2D eigenvalue weighted by Gasteiger charge is -2.13. The number of rotatable bonds is 5. The minimum Gasteiger partial charge on any atom is -0.462 e. The summed E-state index contributed by atoms with van der Waals surface area (Å²) in [7, 11) is 0. The lowest BCUT2D eigenvalue weighted by molar-refractivity contribution is -0.0690. The molecule has 0 aliphatic carbocycles. The molecular weight excluding hydrogens is 468 g/mol. The van der Waals surface area contributed by atoms with E-state index < -0.39 is 17.7 Å². The molecule has 2 aromatic carbocycles. The predicted octanol–water partition coefficient (Wildman–Crippen LogP) is 7.12. The van der Waals surface area contributed by atoms with E-state index >= 15 is 0 Å². The lowest BCUT2D eigenvalue weighted by atomic mass is 10.0. The predicted molar refractivity (Wildman–Crippen MR) is 104 cm³/mol. The van der Waals surface area contributed by atoms with Crippen molar-refractivity contribution in [3.63, 3.8) is 0 Å². The SMILES string of the molecule is CCOC(=O)c1ccc(CC=C(c2cc(Cl)cc(Cl)c2)C(F)(F)F)cc1Br. The molecule has 0 amide bonds. The molecular formula is C19H14BrCl2F3O2. The van der Waals surface area contributed by atoms with Crippen LogP contribution in [0.25, 0.3) is 5.57 Å². The van der Waals surface area contributed by atoms with Crippen molar-refractivity contribution in [3.8, 4) is 0 Å². The van der Waals surface area contributed by atoms with Crippen molar-refractivity contribution in [2.75, 3.05) is 6.61 Å². The summed E-state index contributed by atoms with van der Waals surface area (Å²) < 4.78 is 45.8. The van der Waals surface area contributed by atoms with Gasteiger partial charge < -0.3 is 4.74 Å². The molecule has 0 radical (unpaired) electrons. The first-order valence-corrected chi connectivity index (χ1v) is 9.36. The summed E-state index contributed by atoms with van der Waals surface area (Å²) in [4.78, 5) is 11.8. The molecule has 0 spiro atoms. The summed E-state index contributed by atoms with van der Waals surface area (Å²) in [6, 6.07) is 8.47. The Morgan fingerprint density at radius 3 is 2.30 bits per heavy atom. The standard InChI is InChI=1S/C19H14BrCl2F3O2/c1-2-27-18(26)15-5-3-11(7-17(15)20)4-6-16(19(23,24)25)12-8-13(21)10-14(22)9-12/h3,5-10H,2,4H2,1H3. The van der Waals surface area contributed by atoms with Gasteiger partial charge in [0.05, 0.1) is 17.7 Å². The van der Waals surface area contributed by atoms with Crippen LogP contribution < -0.4 is 0 Å². The monoisotopic (exact) mass is 480 g/mol. The van der Waals surface area contributed by atoms with Crippen molar-refractivity contribution < 1.29 is 22.7 Å². The van der Waals surface area contributed by atoms with E-state index in [1.54, 1.807) is 19.1 Å². The van der Waals surface area contributed by atoms with Crippen LogP contribution in [-0.4, -0.2) is 18.8 Å². The number of alkyl halides is 3. The van der Waals surface area contributed by atoms with Crippen LogP contribution in [0.3, 0.4) is 0 Å². The zero-order chi connectivity index (χ0) is 20.2. The molecule has 0 aromatic heterocycles. The average molecular weight is 482 g/mol. The van der Waals surface area contributed by atoms with Gasteiger partial charge in [-0.15, -0.1) is 0 Å². The smallest absolute Gasteiger partial charge is 0.416 e. The number of benzene rings is 2. The fourth-order valence-electron chi connectivity index (χ4n) is 2.39. The first-order chi connectivity index (χ1) is 12.6. The highest BCUT2D eigenvalue weighted by molar-refractivity contribution is 9.10. The van der Waals surface area contributed by atoms with Gasteiger partial charge in [-0.05, 0) is 70.7 Å². The average Bonchev–Trinajstić information content (AvgIpc) is 2.53. The Hall–Kier alpha value is -1.50. The summed E-state index contributed by atoms with van der Waals surface area (Å²) >= 11 is 14.9. The molecule has 0 saturated carbocycles. The zero-order valence-electron chi connectivity index (χ0n) is 14.0. The molecule has 0 saturated heterocycles. The minimum atomic E-state index is -4.57. The van der Waals surface area contributed by atoms with Crippen LogP contribution in [0, 0.1) is 0 Å². The van der Waals surface area contributed by atoms with Crippen molar-refractivity contribution in [1.29, 1.82) is 0 Å². The van der Waals surface area contributed by atoms with Gasteiger partial charge in [0.15, 0.2) is 0 Å². The number of ether oxygens (including phenoxy) is 1. The second-order valence-corrected chi connectivity index (χ2v) is 7.24. The number of hydrogen-bond donors (Lipinski definition) is 0. The van der Waals surface area contributed by atoms with E-state index in [4.69, 9.17) is 27.9 Å². The Labute approximate surface area is 173 Å². The van der Waals surface area contributed by atoms with Gasteiger partial charge in [-0.1, -0.05) is 35.3 Å². The second-order valence-electron chi connectivity index (χ2n) is 5.51. The molecule has 144 valence electrons. The van der Waals surface area contributed by atoms with Crippen LogP contribution in [0.2, 0.25) is 10.0 Å². The van der Waals surface area contributed by atoms with E-state index in [9.17, 15) is 18.0 Å². The van der Waals surface area contributed by atoms with E-state index in [1.807, 2.05) is 0 Å². The van der Waals surface area contributed by atoms with Gasteiger partial charge in [-0.2, -0.15) is 13.2 Å². The van der Waals surface area contributed by atoms with E-state index in [0.717, 1.165) is 6.08 Å². The van der Waals surface area contributed by atoms with Crippen molar-refractivity contribution in [2.24, 2.45) is 0 Å². The number of hydrogen-bond acceptors (Lipinski definition) is 2. The third-order valence-electron chi connectivity index (χ3n) is 3.55. The number of carbonyl (C=O) groups excluding carboxylic acids is 1. The zero-order valence-corrected chi connectivity index (χ0v) is 17.1. The largest absolute Gasteiger partial charge is 0.462 e. The van der Waals surface area contributed by atoms with Crippen molar-refractivity contribution >= 4 is 50.7 Å². The third-order valence-corrected chi connectivity index (χ3v) is 4.64. The maximum atomic E-state index is 13.5. The molecule has 2 nitrogen and oxygen atoms in total. The van der Waals surface area contributed by atoms with Crippen molar-refractivity contribution in [1.82, 2.24) is 0 Å². The van der Waals surface area contributed by atoms with Gasteiger partial charge in [0.1, 0.15) is 0 Å². The topological polar surface area (TPSA) is 26.3 Å². The Bertz CT molecular complexity index is 859. The van der Waals surface area contributed by atoms with Crippen molar-refractivity contribution in [2.45, 2.75) is 19.5 Å². The van der Waals surface area contributed by atoms with Gasteiger partial charge in [0, 0.05) is 14.5 Å². The second kappa shape index (κ2) is 9.13. The van der Waals surface area contributed by atoms with E-state index in [2.05, 4.69) is 15.9 Å². The highest BCUT2D eigenvalue weighted by Crippen LogP contribution is 2.36. The Kier molecular flexibility index (Phi) is 7.37. The normalized spacial score (nSPS) is 12.2. The van der Waals surface area contributed by atoms with E-state index in [0.29, 0.717) is 15.6 Å². The first-order valence-electron chi connectivity index (χ1n) is 7.81. The van der Waals surface area contributed by atoms with Crippen LogP contribution in [-0.2, 0) is 11.2 Å². The van der Waals surface area contributed by atoms with Gasteiger partial charge in [-0.3, -0.25) is 0 Å². The fraction of sp³-hybridized carbons (Fsp3) is 0.211. The quantitative estimate of drug-likeness (QED) is 0.425. The molecule has 2 aromatic rings. The van der Waals surface area contributed by atoms with Gasteiger partial charge in [0.25, 0.3) is 0 Å². The van der Waals surface area contributed by atoms with Gasteiger partial charge in [-0.25, -0.2) is 4.79 Å². The van der Waals surface area contributed by atoms with Crippen LogP contribution in [0.5, 0.6) is 0 Å². The van der Waals surface area contributed by atoms with E-state index in [-0.39, 0.29) is 28.6 Å². The molecule has 0 bridgehead atoms. The number of allylic oxidation sites excluding steroid dienone is 2. The Balaban J connectivity index is 2.34. The van der Waals surface area contributed by atoms with Crippen LogP contribution in [0.4, 0.5) is 13.2 Å². The van der Waals surface area contributed by atoms with Crippen molar-refractivity contribution in [3.05, 3.63) is 73.7 Å². The van der Waals surface area contributed by atoms with Gasteiger partial charge in [0.2, 0.25) is 0 Å². The minimum absolute atomic E-state index is 0.000676. The molecule has 0 N–H and O–H groups in total. The highest BCUT2D eigenvalue weighted by Gasteiger charge is 2.34. The number of esters is 1. The van der Waals surface area contributed by atoms with Crippen LogP contribution in [0.1, 0.15) is 28.4 Å². The summed E-state index contributed by atoms with van der Waals surface area (Å²) in [5, 5.41) is 0.239. The molecule has 0 atom stereocenters. The molecule has 0 heterocycles. The number of carbonyl (C=O) groups is 1. The summed E-state index contributed by atoms with van der Waals surface area (Å²) in [5.41, 5.74) is -0.0493. The summed E-state index contributed by atoms with van der Waals surface area (Å²) in [6.07, 6.45) is -3.51. The van der Waals surface area contributed by atoms with E-state index in [1.165, 1.54) is 24.3 Å². The summed E-state index contributed by atoms with van der Waals surface area (Å²) in [6.45, 7) is 1.92. The maximum absolute atomic E-state index is 13.5. The third kappa shape index (κ3) is 5.99. The molecule has 0 aliphatic rings.